The summed E-state index contributed by atoms with van der Waals surface area (Å²) in [7, 11) is 1.56. The standard InChI is InChI=1S/C24H22F3N3O3/c1-14-21(15(2)30(28-14)19-6-4-5-18(12-19)24(25,26)27)22(31)23(32)29-10-9-16-7-8-20(33-3)11-17(16)13-29/h4-8,11-12H,9-10,13H2,1-3H3. The van der Waals surface area contributed by atoms with Crippen molar-refractivity contribution in [1.29, 1.82) is 0 Å². The first-order valence-electron chi connectivity index (χ1n) is 10.3. The number of hydrogen-bond acceptors (Lipinski definition) is 4. The van der Waals surface area contributed by atoms with Gasteiger partial charge in [-0.2, -0.15) is 18.3 Å². The normalized spacial score (nSPS) is 13.6. The van der Waals surface area contributed by atoms with Crippen LogP contribution in [0.5, 0.6) is 5.75 Å². The zero-order chi connectivity index (χ0) is 23.9. The lowest BCUT2D eigenvalue weighted by Gasteiger charge is -2.28. The Morgan fingerprint density at radius 2 is 1.82 bits per heavy atom. The summed E-state index contributed by atoms with van der Waals surface area (Å²) in [6, 6.07) is 10.3. The second-order valence-corrected chi connectivity index (χ2v) is 7.95. The molecule has 0 fully saturated rings. The van der Waals surface area contributed by atoms with Gasteiger partial charge in [-0.05, 0) is 61.7 Å². The number of rotatable bonds is 4. The van der Waals surface area contributed by atoms with Gasteiger partial charge in [0.05, 0.1) is 35.3 Å². The Morgan fingerprint density at radius 1 is 1.06 bits per heavy atom. The van der Waals surface area contributed by atoms with Crippen LogP contribution in [-0.4, -0.2) is 40.0 Å². The number of halogens is 3. The lowest BCUT2D eigenvalue weighted by molar-refractivity contribution is -0.137. The minimum atomic E-state index is -4.51. The van der Waals surface area contributed by atoms with Gasteiger partial charge in [0, 0.05) is 13.1 Å². The van der Waals surface area contributed by atoms with Crippen LogP contribution in [0.4, 0.5) is 13.2 Å². The molecule has 6 nitrogen and oxygen atoms in total. The number of fused-ring (bicyclic) bond motifs is 1. The largest absolute Gasteiger partial charge is 0.497 e. The zero-order valence-electron chi connectivity index (χ0n) is 18.4. The Bertz CT molecular complexity index is 1250. The molecule has 0 bridgehead atoms. The van der Waals surface area contributed by atoms with Crippen LogP contribution in [-0.2, 0) is 23.9 Å². The number of hydrogen-bond donors (Lipinski definition) is 0. The highest BCUT2D eigenvalue weighted by Crippen LogP contribution is 2.31. The molecule has 0 N–H and O–H groups in total. The number of carbonyl (C=O) groups excluding carboxylic acids is 2. The molecule has 0 aliphatic carbocycles. The van der Waals surface area contributed by atoms with E-state index in [0.717, 1.165) is 23.3 Å². The number of aromatic nitrogens is 2. The molecule has 33 heavy (non-hydrogen) atoms. The summed E-state index contributed by atoms with van der Waals surface area (Å²) in [5, 5.41) is 4.25. The van der Waals surface area contributed by atoms with E-state index in [4.69, 9.17) is 4.74 Å². The van der Waals surface area contributed by atoms with E-state index in [2.05, 4.69) is 5.10 Å². The predicted octanol–water partition coefficient (Wildman–Crippen LogP) is 4.28. The van der Waals surface area contributed by atoms with E-state index in [1.54, 1.807) is 21.0 Å². The van der Waals surface area contributed by atoms with Gasteiger partial charge in [-0.1, -0.05) is 12.1 Å². The molecular weight excluding hydrogens is 435 g/mol. The Balaban J connectivity index is 1.62. The van der Waals surface area contributed by atoms with Crippen molar-refractivity contribution in [3.63, 3.8) is 0 Å². The van der Waals surface area contributed by atoms with Gasteiger partial charge in [-0.25, -0.2) is 4.68 Å². The van der Waals surface area contributed by atoms with Crippen LogP contribution in [0.15, 0.2) is 42.5 Å². The lowest BCUT2D eigenvalue weighted by atomic mass is 9.98. The molecule has 9 heteroatoms. The van der Waals surface area contributed by atoms with Crippen molar-refractivity contribution in [3.8, 4) is 11.4 Å². The fourth-order valence-electron chi connectivity index (χ4n) is 4.12. The number of aryl methyl sites for hydroxylation is 1. The predicted molar refractivity (Wildman–Crippen MR) is 114 cm³/mol. The molecule has 1 aliphatic heterocycles. The third-order valence-corrected chi connectivity index (χ3v) is 5.84. The second kappa shape index (κ2) is 8.38. The third-order valence-electron chi connectivity index (χ3n) is 5.84. The van der Waals surface area contributed by atoms with Gasteiger partial charge in [0.1, 0.15) is 5.75 Å². The van der Waals surface area contributed by atoms with Gasteiger partial charge in [0.25, 0.3) is 11.7 Å². The number of benzene rings is 2. The first-order valence-corrected chi connectivity index (χ1v) is 10.3. The minimum absolute atomic E-state index is 0.105. The number of ether oxygens (including phenoxy) is 1. The van der Waals surface area contributed by atoms with Gasteiger partial charge in [-0.3, -0.25) is 9.59 Å². The molecule has 0 radical (unpaired) electrons. The van der Waals surface area contributed by atoms with E-state index in [9.17, 15) is 22.8 Å². The molecular formula is C24H22F3N3O3. The Hall–Kier alpha value is -3.62. The van der Waals surface area contributed by atoms with E-state index in [-0.39, 0.29) is 23.5 Å². The number of carbonyl (C=O) groups is 2. The fourth-order valence-corrected chi connectivity index (χ4v) is 4.12. The molecule has 2 aromatic carbocycles. The number of nitrogens with zero attached hydrogens (tertiary/aromatic N) is 3. The van der Waals surface area contributed by atoms with Crippen LogP contribution in [0.1, 0.15) is 38.4 Å². The lowest BCUT2D eigenvalue weighted by Crippen LogP contribution is -2.40. The molecule has 1 amide bonds. The highest BCUT2D eigenvalue weighted by Gasteiger charge is 2.33. The average Bonchev–Trinajstić information content (AvgIpc) is 3.10. The van der Waals surface area contributed by atoms with Crippen molar-refractivity contribution < 1.29 is 27.5 Å². The van der Waals surface area contributed by atoms with Crippen molar-refractivity contribution in [3.05, 3.63) is 76.1 Å². The Labute approximate surface area is 188 Å². The summed E-state index contributed by atoms with van der Waals surface area (Å²) in [5.74, 6) is -0.726. The van der Waals surface area contributed by atoms with E-state index < -0.39 is 23.4 Å². The van der Waals surface area contributed by atoms with Crippen molar-refractivity contribution in [1.82, 2.24) is 14.7 Å². The highest BCUT2D eigenvalue weighted by atomic mass is 19.4. The molecule has 3 aromatic rings. The summed E-state index contributed by atoms with van der Waals surface area (Å²) in [6.07, 6.45) is -3.90. The first kappa shape index (κ1) is 22.6. The van der Waals surface area contributed by atoms with Gasteiger partial charge in [-0.15, -0.1) is 0 Å². The first-order chi connectivity index (χ1) is 15.6. The molecule has 2 heterocycles. The molecule has 0 saturated carbocycles. The summed E-state index contributed by atoms with van der Waals surface area (Å²) < 4.78 is 45.9. The summed E-state index contributed by atoms with van der Waals surface area (Å²) >= 11 is 0. The fraction of sp³-hybridized carbons (Fsp3) is 0.292. The summed E-state index contributed by atoms with van der Waals surface area (Å²) in [5.41, 5.74) is 2.04. The maximum atomic E-state index is 13.1. The number of methoxy groups -OCH3 is 1. The van der Waals surface area contributed by atoms with Crippen LogP contribution in [0, 0.1) is 13.8 Å². The third kappa shape index (κ3) is 4.22. The maximum absolute atomic E-state index is 13.1. The molecule has 1 aromatic heterocycles. The zero-order valence-corrected chi connectivity index (χ0v) is 18.4. The molecule has 0 saturated heterocycles. The molecule has 172 valence electrons. The van der Waals surface area contributed by atoms with Crippen LogP contribution < -0.4 is 4.74 Å². The van der Waals surface area contributed by atoms with Gasteiger partial charge >= 0.3 is 6.18 Å². The van der Waals surface area contributed by atoms with Crippen LogP contribution in [0.25, 0.3) is 5.69 Å². The van der Waals surface area contributed by atoms with Crippen LogP contribution in [0.2, 0.25) is 0 Å². The molecule has 0 unspecified atom stereocenters. The number of Topliss-reactive ketones (excluding diaryl/α,β-unsaturated/α-hetero) is 1. The maximum Gasteiger partial charge on any atom is 0.416 e. The van der Waals surface area contributed by atoms with E-state index in [1.165, 1.54) is 21.7 Å². The van der Waals surface area contributed by atoms with Gasteiger partial charge in [0.15, 0.2) is 0 Å². The number of alkyl halides is 3. The van der Waals surface area contributed by atoms with Gasteiger partial charge < -0.3 is 9.64 Å². The van der Waals surface area contributed by atoms with Crippen molar-refractivity contribution in [2.24, 2.45) is 0 Å². The molecule has 1 aliphatic rings. The van der Waals surface area contributed by atoms with Crippen molar-refractivity contribution in [2.45, 2.75) is 33.0 Å². The quantitative estimate of drug-likeness (QED) is 0.433. The van der Waals surface area contributed by atoms with Crippen LogP contribution >= 0.6 is 0 Å². The van der Waals surface area contributed by atoms with E-state index in [1.807, 2.05) is 18.2 Å². The summed E-state index contributed by atoms with van der Waals surface area (Å²) in [4.78, 5) is 27.7. The molecule has 0 atom stereocenters. The van der Waals surface area contributed by atoms with Crippen molar-refractivity contribution in [2.75, 3.05) is 13.7 Å². The average molecular weight is 457 g/mol. The Kier molecular flexibility index (Phi) is 5.73. The van der Waals surface area contributed by atoms with Crippen molar-refractivity contribution >= 4 is 11.7 Å². The van der Waals surface area contributed by atoms with Crippen LogP contribution in [0.3, 0.4) is 0 Å². The SMILES string of the molecule is COc1ccc2c(c1)CN(C(=O)C(=O)c1c(C)nn(-c3cccc(C(F)(F)F)c3)c1C)CC2. The minimum Gasteiger partial charge on any atom is -0.497 e. The van der Waals surface area contributed by atoms with Gasteiger partial charge in [0.2, 0.25) is 0 Å². The van der Waals surface area contributed by atoms with E-state index >= 15 is 0 Å². The number of amides is 1. The monoisotopic (exact) mass is 457 g/mol. The Morgan fingerprint density at radius 3 is 2.52 bits per heavy atom. The number of ketones is 1. The second-order valence-electron chi connectivity index (χ2n) is 7.95. The smallest absolute Gasteiger partial charge is 0.416 e. The van der Waals surface area contributed by atoms with E-state index in [0.29, 0.717) is 24.4 Å². The summed E-state index contributed by atoms with van der Waals surface area (Å²) in [6.45, 7) is 3.80. The molecule has 0 spiro atoms. The molecule has 4 rings (SSSR count). The highest BCUT2D eigenvalue weighted by molar-refractivity contribution is 6.43. The topological polar surface area (TPSA) is 64.4 Å².